The average molecular weight is 454 g/mol. The molecule has 11 heteroatoms. The molecule has 1 aromatic carbocycles. The molecule has 0 aliphatic heterocycles. The van der Waals surface area contributed by atoms with E-state index >= 15 is 0 Å². The highest BCUT2D eigenvalue weighted by Crippen LogP contribution is 2.39. The first kappa shape index (κ1) is 24.2. The Morgan fingerprint density at radius 1 is 1.03 bits per heavy atom. The van der Waals surface area contributed by atoms with Gasteiger partial charge in [-0.15, -0.1) is 0 Å². The van der Waals surface area contributed by atoms with Gasteiger partial charge in [0.2, 0.25) is 21.7 Å². The van der Waals surface area contributed by atoms with E-state index in [2.05, 4.69) is 5.32 Å². The molecule has 1 heterocycles. The van der Waals surface area contributed by atoms with Crippen LogP contribution in [0.3, 0.4) is 0 Å². The lowest BCUT2D eigenvalue weighted by Crippen LogP contribution is -2.33. The van der Waals surface area contributed by atoms with E-state index in [1.54, 1.807) is 26.0 Å². The van der Waals surface area contributed by atoms with Crippen LogP contribution in [-0.2, 0) is 21.4 Å². The van der Waals surface area contributed by atoms with Crippen molar-refractivity contribution in [3.8, 4) is 17.2 Å². The molecule has 0 fully saturated rings. The summed E-state index contributed by atoms with van der Waals surface area (Å²) in [6, 6.07) is 5.46. The lowest BCUT2D eigenvalue weighted by Gasteiger charge is -2.19. The number of nitrogens with one attached hydrogen (secondary N) is 1. The Balaban J connectivity index is 2.30. The summed E-state index contributed by atoms with van der Waals surface area (Å²) in [5.74, 6) is 0.533. The van der Waals surface area contributed by atoms with Gasteiger partial charge in [-0.25, -0.2) is 8.42 Å². The fourth-order valence-corrected chi connectivity index (χ4v) is 4.49. The maximum atomic E-state index is 12.7. The molecule has 1 aromatic heterocycles. The fraction of sp³-hybridized carbons (Fsp3) is 0.400. The topological polar surface area (TPSA) is 116 Å². The maximum Gasteiger partial charge on any atom is 0.251 e. The van der Waals surface area contributed by atoms with Gasteiger partial charge in [0.25, 0.3) is 5.56 Å². The van der Waals surface area contributed by atoms with Crippen LogP contribution in [-0.4, -0.2) is 57.6 Å². The van der Waals surface area contributed by atoms with E-state index in [-0.39, 0.29) is 11.4 Å². The van der Waals surface area contributed by atoms with Gasteiger partial charge in [0.05, 0.1) is 26.2 Å². The summed E-state index contributed by atoms with van der Waals surface area (Å²) in [5, 5.41) is 2.65. The molecule has 2 aromatic rings. The van der Waals surface area contributed by atoms with E-state index < -0.39 is 21.5 Å². The molecule has 31 heavy (non-hydrogen) atoms. The number of aromatic nitrogens is 1. The lowest BCUT2D eigenvalue weighted by atomic mass is 10.2. The number of carbonyl (C=O) groups is 1. The van der Waals surface area contributed by atoms with Gasteiger partial charge in [-0.1, -0.05) is 13.8 Å². The van der Waals surface area contributed by atoms with Crippen LogP contribution in [0.1, 0.15) is 13.8 Å². The third kappa shape index (κ3) is 5.36. The Morgan fingerprint density at radius 3 is 2.10 bits per heavy atom. The molecule has 2 rings (SSSR count). The SMILES string of the molecule is CCN(CC)S(=O)(=O)c1ccc(=O)n(CC(=O)Nc2cc(OC)c(OC)c(OC)c2)c1. The van der Waals surface area contributed by atoms with Crippen LogP contribution in [0.5, 0.6) is 17.2 Å². The third-order valence-electron chi connectivity index (χ3n) is 4.56. The molecule has 0 unspecified atom stereocenters. The van der Waals surface area contributed by atoms with Crippen LogP contribution in [0, 0.1) is 0 Å². The van der Waals surface area contributed by atoms with Gasteiger partial charge in [0.15, 0.2) is 11.5 Å². The number of hydrogen-bond acceptors (Lipinski definition) is 7. The van der Waals surface area contributed by atoms with E-state index in [4.69, 9.17) is 14.2 Å². The summed E-state index contributed by atoms with van der Waals surface area (Å²) < 4.78 is 43.5. The number of nitrogens with zero attached hydrogens (tertiary/aromatic N) is 2. The van der Waals surface area contributed by atoms with Gasteiger partial charge in [0.1, 0.15) is 6.54 Å². The Morgan fingerprint density at radius 2 is 1.61 bits per heavy atom. The molecule has 0 saturated heterocycles. The zero-order chi connectivity index (χ0) is 23.2. The zero-order valence-electron chi connectivity index (χ0n) is 18.2. The molecule has 0 saturated carbocycles. The number of amides is 1. The van der Waals surface area contributed by atoms with E-state index in [1.807, 2.05) is 0 Å². The second-order valence-electron chi connectivity index (χ2n) is 6.38. The van der Waals surface area contributed by atoms with Crippen LogP contribution < -0.4 is 25.1 Å². The van der Waals surface area contributed by atoms with Crippen LogP contribution in [0.15, 0.2) is 40.2 Å². The Labute approximate surface area is 181 Å². The Hall–Kier alpha value is -3.05. The predicted molar refractivity (Wildman–Crippen MR) is 116 cm³/mol. The summed E-state index contributed by atoms with van der Waals surface area (Å²) in [4.78, 5) is 24.7. The van der Waals surface area contributed by atoms with E-state index in [0.29, 0.717) is 36.0 Å². The van der Waals surface area contributed by atoms with Gasteiger partial charge in [0, 0.05) is 43.2 Å². The summed E-state index contributed by atoms with van der Waals surface area (Å²) >= 11 is 0. The van der Waals surface area contributed by atoms with Gasteiger partial charge in [-0.05, 0) is 6.07 Å². The van der Waals surface area contributed by atoms with Crippen molar-refractivity contribution >= 4 is 21.6 Å². The van der Waals surface area contributed by atoms with Crippen molar-refractivity contribution in [2.45, 2.75) is 25.3 Å². The van der Waals surface area contributed by atoms with E-state index in [1.165, 1.54) is 37.9 Å². The molecule has 0 atom stereocenters. The molecular weight excluding hydrogens is 426 g/mol. The number of pyridine rings is 1. The number of hydrogen-bond donors (Lipinski definition) is 1. The minimum absolute atomic E-state index is 0.0589. The van der Waals surface area contributed by atoms with Crippen molar-refractivity contribution in [1.29, 1.82) is 0 Å². The van der Waals surface area contributed by atoms with Crippen molar-refractivity contribution < 1.29 is 27.4 Å². The molecule has 0 aliphatic carbocycles. The van der Waals surface area contributed by atoms with Gasteiger partial charge < -0.3 is 24.1 Å². The monoisotopic (exact) mass is 453 g/mol. The fourth-order valence-electron chi connectivity index (χ4n) is 3.01. The Kier molecular flexibility index (Phi) is 8.06. The quantitative estimate of drug-likeness (QED) is 0.580. The lowest BCUT2D eigenvalue weighted by molar-refractivity contribution is -0.116. The zero-order valence-corrected chi connectivity index (χ0v) is 19.0. The van der Waals surface area contributed by atoms with Crippen LogP contribution in [0.4, 0.5) is 5.69 Å². The minimum Gasteiger partial charge on any atom is -0.493 e. The van der Waals surface area contributed by atoms with Gasteiger partial charge in [-0.2, -0.15) is 4.31 Å². The summed E-state index contributed by atoms with van der Waals surface area (Å²) in [6.45, 7) is 3.65. The highest BCUT2D eigenvalue weighted by molar-refractivity contribution is 7.89. The summed E-state index contributed by atoms with van der Waals surface area (Å²) in [6.07, 6.45) is 1.17. The normalized spacial score (nSPS) is 11.3. The molecule has 0 bridgehead atoms. The first-order valence-corrected chi connectivity index (χ1v) is 11.0. The van der Waals surface area contributed by atoms with Crippen molar-refractivity contribution in [2.24, 2.45) is 0 Å². The highest BCUT2D eigenvalue weighted by Gasteiger charge is 2.23. The first-order chi connectivity index (χ1) is 14.7. The number of ether oxygens (including phenoxy) is 3. The number of methoxy groups -OCH3 is 3. The number of benzene rings is 1. The van der Waals surface area contributed by atoms with Crippen molar-refractivity contribution in [2.75, 3.05) is 39.7 Å². The van der Waals surface area contributed by atoms with E-state index in [9.17, 15) is 18.0 Å². The van der Waals surface area contributed by atoms with Crippen LogP contribution >= 0.6 is 0 Å². The minimum atomic E-state index is -3.77. The number of rotatable bonds is 10. The molecule has 1 amide bonds. The summed E-state index contributed by atoms with van der Waals surface area (Å²) in [5.41, 5.74) is -0.141. The standard InChI is InChI=1S/C20H27N3O7S/c1-6-23(7-2)31(26,27)15-8-9-19(25)22(12-15)13-18(24)21-14-10-16(28-3)20(30-5)17(11-14)29-4/h8-12H,6-7,13H2,1-5H3,(H,21,24). The molecule has 1 N–H and O–H groups in total. The van der Waals surface area contributed by atoms with Crippen LogP contribution in [0.25, 0.3) is 0 Å². The number of anilines is 1. The van der Waals surface area contributed by atoms with Gasteiger partial charge in [-0.3, -0.25) is 9.59 Å². The molecule has 0 radical (unpaired) electrons. The van der Waals surface area contributed by atoms with Crippen molar-refractivity contribution in [3.05, 3.63) is 40.8 Å². The molecule has 0 aliphatic rings. The average Bonchev–Trinajstić information content (AvgIpc) is 2.74. The number of sulfonamides is 1. The van der Waals surface area contributed by atoms with Crippen molar-refractivity contribution in [3.63, 3.8) is 0 Å². The summed E-state index contributed by atoms with van der Waals surface area (Å²) in [7, 11) is 0.594. The maximum absolute atomic E-state index is 12.7. The van der Waals surface area contributed by atoms with Crippen LogP contribution in [0.2, 0.25) is 0 Å². The molecule has 170 valence electrons. The van der Waals surface area contributed by atoms with Gasteiger partial charge >= 0.3 is 0 Å². The second-order valence-corrected chi connectivity index (χ2v) is 8.32. The third-order valence-corrected chi connectivity index (χ3v) is 6.60. The highest BCUT2D eigenvalue weighted by atomic mass is 32.2. The molecular formula is C20H27N3O7S. The smallest absolute Gasteiger partial charge is 0.251 e. The second kappa shape index (κ2) is 10.3. The van der Waals surface area contributed by atoms with E-state index in [0.717, 1.165) is 10.6 Å². The molecule has 10 nitrogen and oxygen atoms in total. The first-order valence-electron chi connectivity index (χ1n) is 9.52. The number of carbonyl (C=O) groups excluding carboxylic acids is 1. The molecule has 0 spiro atoms. The van der Waals surface area contributed by atoms with Crippen molar-refractivity contribution in [1.82, 2.24) is 8.87 Å². The predicted octanol–water partition coefficient (Wildman–Crippen LogP) is 1.54. The largest absolute Gasteiger partial charge is 0.493 e. The Bertz CT molecular complexity index is 1070.